The average molecular weight is 822 g/mol. The smallest absolute Gasteiger partial charge is 0.200 e. The number of halogens is 20. The summed E-state index contributed by atoms with van der Waals surface area (Å²) in [5, 5.41) is 0. The molecule has 0 saturated heterocycles. The summed E-state index contributed by atoms with van der Waals surface area (Å²) >= 11 is -2.72. The van der Waals surface area contributed by atoms with Crippen molar-refractivity contribution in [3.63, 3.8) is 0 Å². The number of hydrogen-bond donors (Lipinski definition) is 0. The Hall–Kier alpha value is -3.50. The van der Waals surface area contributed by atoms with E-state index in [1.807, 2.05) is 0 Å². The number of rotatable bonds is 5. The van der Waals surface area contributed by atoms with Crippen molar-refractivity contribution in [2.75, 3.05) is 0 Å². The van der Waals surface area contributed by atoms with E-state index in [2.05, 4.69) is 4.51 Å². The highest BCUT2D eigenvalue weighted by Crippen LogP contribution is 2.78. The van der Waals surface area contributed by atoms with Crippen LogP contribution in [0.1, 0.15) is 0 Å². The van der Waals surface area contributed by atoms with Gasteiger partial charge in [0.2, 0.25) is 17.5 Å². The Balaban J connectivity index is 2.71. The lowest BCUT2D eigenvalue weighted by Gasteiger charge is -2.42. The van der Waals surface area contributed by atoms with Crippen LogP contribution in [0.3, 0.4) is 0 Å². The zero-order valence-corrected chi connectivity index (χ0v) is 23.6. The summed E-state index contributed by atoms with van der Waals surface area (Å²) in [5.74, 6) is -64.3. The summed E-state index contributed by atoms with van der Waals surface area (Å²) in [4.78, 5) is -13.4. The third-order valence-electron chi connectivity index (χ3n) is 6.04. The fourth-order valence-corrected chi connectivity index (χ4v) is 9.61. The van der Waals surface area contributed by atoms with Crippen molar-refractivity contribution in [1.29, 1.82) is 0 Å². The van der Waals surface area contributed by atoms with Crippen molar-refractivity contribution >= 4 is 35.3 Å². The van der Waals surface area contributed by atoms with Crippen molar-refractivity contribution in [3.05, 3.63) is 114 Å². The third-order valence-corrected chi connectivity index (χ3v) is 11.6. The SMILES string of the molecule is C=Ic1c(F)c(F)c(F)c(S(c2c(F)c(F)c(F)c(F)c2F)(c2c(F)c(F)c(F)c(F)c2F)c2c(F)c(F)c(F)c(F)c2F)c1F. The van der Waals surface area contributed by atoms with Gasteiger partial charge < -0.3 is 0 Å². The van der Waals surface area contributed by atoms with Crippen molar-refractivity contribution in [3.8, 4) is 0 Å². The minimum absolute atomic E-state index is 1.94. The molecule has 4 rings (SSSR count). The lowest BCUT2D eigenvalue weighted by molar-refractivity contribution is 0.348. The molecule has 0 bridgehead atoms. The normalized spacial score (nSPS) is 12.3. The summed E-state index contributed by atoms with van der Waals surface area (Å²) in [6.07, 6.45) is 0. The van der Waals surface area contributed by atoms with E-state index < -0.39 is 164 Å². The lowest BCUT2D eigenvalue weighted by atomic mass is 10.3. The maximum absolute atomic E-state index is 16.0. The largest absolute Gasteiger partial charge is 0.204 e. The van der Waals surface area contributed by atoms with Gasteiger partial charge in [-0.05, 0) is 0 Å². The molecule has 0 aliphatic carbocycles. The van der Waals surface area contributed by atoms with Crippen LogP contribution in [0, 0.1) is 114 Å². The van der Waals surface area contributed by atoms with Crippen LogP contribution in [0.2, 0.25) is 0 Å². The summed E-state index contributed by atoms with van der Waals surface area (Å²) in [5.41, 5.74) is 0. The van der Waals surface area contributed by atoms with Crippen LogP contribution in [-0.4, -0.2) is 4.51 Å². The molecule has 4 aromatic rings. The highest BCUT2D eigenvalue weighted by atomic mass is 127. The van der Waals surface area contributed by atoms with Crippen molar-refractivity contribution < 1.29 is 83.4 Å². The molecular weight excluding hydrogens is 820 g/mol. The summed E-state index contributed by atoms with van der Waals surface area (Å²) in [6, 6.07) is 0. The van der Waals surface area contributed by atoms with Crippen molar-refractivity contribution in [2.45, 2.75) is 19.6 Å². The molecule has 0 nitrogen and oxygen atoms in total. The zero-order chi connectivity index (χ0) is 35.1. The van der Waals surface area contributed by atoms with E-state index in [0.29, 0.717) is 0 Å². The van der Waals surface area contributed by atoms with Gasteiger partial charge in [-0.2, -0.15) is 0 Å². The molecule has 0 amide bonds. The van der Waals surface area contributed by atoms with Crippen molar-refractivity contribution in [1.82, 2.24) is 0 Å². The van der Waals surface area contributed by atoms with Gasteiger partial charge in [-0.25, -0.2) is 83.4 Å². The number of hydrogen-bond acceptors (Lipinski definition) is 0. The third kappa shape index (κ3) is 4.50. The molecule has 248 valence electrons. The zero-order valence-electron chi connectivity index (χ0n) is 20.7. The predicted molar refractivity (Wildman–Crippen MR) is 125 cm³/mol. The first-order chi connectivity index (χ1) is 21.2. The molecule has 0 saturated carbocycles. The Morgan fingerprint density at radius 2 is 0.435 bits per heavy atom. The van der Waals surface area contributed by atoms with Crippen LogP contribution < -0.4 is 0 Å². The monoisotopic (exact) mass is 822 g/mol. The summed E-state index contributed by atoms with van der Waals surface area (Å²) < 4.78 is 285. The Labute approximate surface area is 252 Å². The fraction of sp³-hybridized carbons (Fsp3) is 0. The van der Waals surface area contributed by atoms with Gasteiger partial charge in [0.05, 0.1) is 23.2 Å². The second-order valence-corrected chi connectivity index (χ2v) is 13.0. The molecule has 4 aromatic carbocycles. The quantitative estimate of drug-likeness (QED) is 0.0815. The second-order valence-electron chi connectivity index (χ2n) is 8.34. The van der Waals surface area contributed by atoms with E-state index in [4.69, 9.17) is 0 Å². The predicted octanol–water partition coefficient (Wildman–Crippen LogP) is 10.2. The van der Waals surface area contributed by atoms with Gasteiger partial charge in [0, 0.05) is 0 Å². The van der Waals surface area contributed by atoms with E-state index in [0.717, 1.165) is 0 Å². The lowest BCUT2D eigenvalue weighted by Crippen LogP contribution is -2.24. The molecule has 0 fully saturated rings. The highest BCUT2D eigenvalue weighted by molar-refractivity contribution is 14.2. The minimum Gasteiger partial charge on any atom is -0.204 e. The maximum Gasteiger partial charge on any atom is 0.200 e. The van der Waals surface area contributed by atoms with E-state index in [1.54, 1.807) is 0 Å². The molecule has 46 heavy (non-hydrogen) atoms. The average Bonchev–Trinajstić information content (AvgIpc) is 3.02. The first-order valence-corrected chi connectivity index (χ1v) is 15.1. The van der Waals surface area contributed by atoms with E-state index >= 15 is 35.1 Å². The Kier molecular flexibility index (Phi) is 9.18. The summed E-state index contributed by atoms with van der Waals surface area (Å²) in [6.45, 7) is 0. The standard InChI is InChI=1S/C25H2F19IS/c1-45-21-12(36)11(35)19(43)25(20(21)44)46(22-13(37)5(29)2(26)6(30)14(22)38,23-15(39)7(31)3(27)8(32)16(23)40)24-17(41)9(33)4(28)10(34)18(24)42/h1H2. The summed E-state index contributed by atoms with van der Waals surface area (Å²) in [7, 11) is -7.37. The van der Waals surface area contributed by atoms with Gasteiger partial charge in [-0.3, -0.25) is 0 Å². The molecule has 0 aliphatic heterocycles. The minimum atomic E-state index is -7.37. The highest BCUT2D eigenvalue weighted by Gasteiger charge is 2.54. The van der Waals surface area contributed by atoms with E-state index in [1.165, 1.54) is 0 Å². The second kappa shape index (κ2) is 11.9. The first kappa shape index (κ1) is 35.4. The molecule has 0 atom stereocenters. The fourth-order valence-electron chi connectivity index (χ4n) is 4.14. The molecule has 0 aliphatic rings. The topological polar surface area (TPSA) is 0 Å². The van der Waals surface area contributed by atoms with Crippen LogP contribution in [0.5, 0.6) is 0 Å². The van der Waals surface area contributed by atoms with E-state index in [9.17, 15) is 48.3 Å². The van der Waals surface area contributed by atoms with Crippen LogP contribution in [0.15, 0.2) is 19.6 Å². The molecule has 0 unspecified atom stereocenters. The van der Waals surface area contributed by atoms with Crippen LogP contribution in [0.4, 0.5) is 83.4 Å². The molecule has 0 radical (unpaired) electrons. The molecule has 0 aromatic heterocycles. The van der Waals surface area contributed by atoms with Crippen LogP contribution >= 0.6 is 30.8 Å². The Morgan fingerprint density at radius 1 is 0.261 bits per heavy atom. The van der Waals surface area contributed by atoms with Gasteiger partial charge in [-0.15, -0.1) is 10.0 Å². The Morgan fingerprint density at radius 3 is 0.652 bits per heavy atom. The molecule has 0 N–H and O–H groups in total. The maximum atomic E-state index is 16.0. The Bertz CT molecular complexity index is 1770. The molecule has 0 spiro atoms. The van der Waals surface area contributed by atoms with Gasteiger partial charge in [0.25, 0.3) is 0 Å². The molecular formula is C25H2F19IS. The van der Waals surface area contributed by atoms with Gasteiger partial charge in [0.1, 0.15) is 0 Å². The first-order valence-electron chi connectivity index (χ1n) is 10.9. The van der Waals surface area contributed by atoms with Crippen LogP contribution in [0.25, 0.3) is 0 Å². The molecule has 0 heterocycles. The van der Waals surface area contributed by atoms with E-state index in [-0.39, 0.29) is 0 Å². The number of benzene rings is 4. The van der Waals surface area contributed by atoms with Gasteiger partial charge in [-0.1, -0.05) is 25.2 Å². The molecule has 21 heteroatoms. The van der Waals surface area contributed by atoms with Gasteiger partial charge in [0.15, 0.2) is 93.1 Å². The van der Waals surface area contributed by atoms with Gasteiger partial charge >= 0.3 is 0 Å². The van der Waals surface area contributed by atoms with Crippen molar-refractivity contribution in [2.24, 2.45) is 0 Å². The van der Waals surface area contributed by atoms with Crippen LogP contribution in [-0.2, 0) is 0 Å².